The van der Waals surface area contributed by atoms with Crippen LogP contribution in [0.15, 0.2) is 88.7 Å². The van der Waals surface area contributed by atoms with Gasteiger partial charge in [-0.15, -0.1) is 10.2 Å². The van der Waals surface area contributed by atoms with Gasteiger partial charge in [-0.3, -0.25) is 10.1 Å². The molecule has 5 rings (SSSR count). The molecule has 1 aliphatic heterocycles. The van der Waals surface area contributed by atoms with Crippen molar-refractivity contribution in [1.29, 1.82) is 0 Å². The van der Waals surface area contributed by atoms with Crippen LogP contribution in [-0.4, -0.2) is 21.2 Å². The maximum absolute atomic E-state index is 12.3. The van der Waals surface area contributed by atoms with E-state index in [0.717, 1.165) is 21.9 Å². The number of aromatic nitrogens is 2. The molecule has 8 heteroatoms. The van der Waals surface area contributed by atoms with E-state index in [4.69, 9.17) is 0 Å². The number of amides is 1. The minimum absolute atomic E-state index is 0.186. The first-order valence-corrected chi connectivity index (χ1v) is 11.5. The van der Waals surface area contributed by atoms with Crippen molar-refractivity contribution in [2.75, 3.05) is 10.2 Å². The second-order valence-corrected chi connectivity index (χ2v) is 9.18. The Hall–Kier alpha value is -3.62. The third-order valence-corrected chi connectivity index (χ3v) is 6.80. The molecule has 0 unspecified atom stereocenters. The van der Waals surface area contributed by atoms with Crippen LogP contribution in [0.4, 0.5) is 16.5 Å². The number of rotatable bonds is 5. The van der Waals surface area contributed by atoms with Gasteiger partial charge in [-0.05, 0) is 48.0 Å². The van der Waals surface area contributed by atoms with Crippen LogP contribution in [0.25, 0.3) is 6.08 Å². The van der Waals surface area contributed by atoms with Crippen LogP contribution in [-0.2, 0) is 11.3 Å². The Morgan fingerprint density at radius 1 is 0.938 bits per heavy atom. The lowest BCUT2D eigenvalue weighted by atomic mass is 10.2. The molecule has 1 aliphatic rings. The molecule has 0 atom stereocenters. The third-order valence-electron chi connectivity index (χ3n) is 4.84. The van der Waals surface area contributed by atoms with E-state index >= 15 is 0 Å². The summed E-state index contributed by atoms with van der Waals surface area (Å²) in [6.45, 7) is 0.561. The zero-order valence-corrected chi connectivity index (χ0v) is 18.4. The highest BCUT2D eigenvalue weighted by Crippen LogP contribution is 2.48. The summed E-state index contributed by atoms with van der Waals surface area (Å²) in [6, 6.07) is 23.2. The average molecular weight is 459 g/mol. The van der Waals surface area contributed by atoms with Crippen molar-refractivity contribution in [2.45, 2.75) is 16.3 Å². The van der Waals surface area contributed by atoms with Crippen LogP contribution in [0.3, 0.4) is 0 Å². The maximum atomic E-state index is 12.3. The number of aromatic hydroxyl groups is 1. The van der Waals surface area contributed by atoms with E-state index in [0.29, 0.717) is 11.7 Å². The molecule has 6 nitrogen and oxygen atoms in total. The highest BCUT2D eigenvalue weighted by atomic mass is 32.2. The van der Waals surface area contributed by atoms with Gasteiger partial charge >= 0.3 is 0 Å². The molecular weight excluding hydrogens is 440 g/mol. The summed E-state index contributed by atoms with van der Waals surface area (Å²) >= 11 is 3.12. The molecule has 32 heavy (non-hydrogen) atoms. The van der Waals surface area contributed by atoms with E-state index in [1.54, 1.807) is 42.1 Å². The Morgan fingerprint density at radius 2 is 1.59 bits per heavy atom. The number of phenolic OH excluding ortho intramolecular Hbond substituents is 1. The van der Waals surface area contributed by atoms with Crippen LogP contribution in [0.5, 0.6) is 5.75 Å². The summed E-state index contributed by atoms with van der Waals surface area (Å²) < 4.78 is 0. The number of hydrogen-bond acceptors (Lipinski definition) is 7. The van der Waals surface area contributed by atoms with Crippen molar-refractivity contribution in [1.82, 2.24) is 10.2 Å². The minimum Gasteiger partial charge on any atom is -0.508 e. The third kappa shape index (κ3) is 4.37. The van der Waals surface area contributed by atoms with Crippen molar-refractivity contribution in [3.05, 3.63) is 89.4 Å². The summed E-state index contributed by atoms with van der Waals surface area (Å²) in [5.74, 6) is -0.101. The fraction of sp³-hybridized carbons (Fsp3) is 0.0417. The summed E-state index contributed by atoms with van der Waals surface area (Å²) in [6.07, 6.45) is 3.11. The SMILES string of the molecule is O=C(/C=C/c1ccc(O)cc1)Nc1nnc(CN2c3ccccc3Sc3ccccc32)s1. The number of benzene rings is 3. The number of fused-ring (bicyclic) bond motifs is 2. The molecule has 0 fully saturated rings. The van der Waals surface area contributed by atoms with E-state index in [1.165, 1.54) is 27.2 Å². The van der Waals surface area contributed by atoms with Gasteiger partial charge in [0.15, 0.2) is 0 Å². The van der Waals surface area contributed by atoms with Crippen LogP contribution < -0.4 is 10.2 Å². The number of nitrogens with one attached hydrogen (secondary N) is 1. The molecule has 158 valence electrons. The molecule has 4 aromatic rings. The average Bonchev–Trinajstić information content (AvgIpc) is 3.25. The van der Waals surface area contributed by atoms with Crippen LogP contribution in [0.1, 0.15) is 10.6 Å². The summed E-state index contributed by atoms with van der Waals surface area (Å²) in [5, 5.41) is 21.8. The number of phenols is 1. The number of carbonyl (C=O) groups is 1. The normalized spacial score (nSPS) is 12.4. The zero-order chi connectivity index (χ0) is 21.9. The van der Waals surface area contributed by atoms with Crippen molar-refractivity contribution >= 4 is 51.6 Å². The number of nitrogens with zero attached hydrogens (tertiary/aromatic N) is 3. The van der Waals surface area contributed by atoms with Crippen LogP contribution in [0, 0.1) is 0 Å². The molecule has 3 aromatic carbocycles. The van der Waals surface area contributed by atoms with E-state index in [9.17, 15) is 9.90 Å². The van der Waals surface area contributed by atoms with Gasteiger partial charge in [-0.1, -0.05) is 59.5 Å². The first-order chi connectivity index (χ1) is 15.7. The predicted octanol–water partition coefficient (Wildman–Crippen LogP) is 5.70. The largest absolute Gasteiger partial charge is 0.508 e. The van der Waals surface area contributed by atoms with E-state index in [1.807, 2.05) is 24.3 Å². The van der Waals surface area contributed by atoms with Gasteiger partial charge in [-0.2, -0.15) is 0 Å². The van der Waals surface area contributed by atoms with Gasteiger partial charge in [0.2, 0.25) is 11.0 Å². The van der Waals surface area contributed by atoms with Crippen molar-refractivity contribution < 1.29 is 9.90 Å². The second-order valence-electron chi connectivity index (χ2n) is 7.04. The molecule has 0 saturated carbocycles. The molecule has 2 N–H and O–H groups in total. The molecule has 1 amide bonds. The van der Waals surface area contributed by atoms with E-state index in [2.05, 4.69) is 44.7 Å². The lowest BCUT2D eigenvalue weighted by Crippen LogP contribution is -2.20. The lowest BCUT2D eigenvalue weighted by molar-refractivity contribution is -0.111. The summed E-state index contributed by atoms with van der Waals surface area (Å²) in [5.41, 5.74) is 3.08. The molecular formula is C24H18N4O2S2. The standard InChI is InChI=1S/C24H18N4O2S2/c29-17-12-9-16(10-13-17)11-14-22(30)25-24-27-26-23(32-24)15-28-18-5-1-3-7-20(18)31-21-8-4-2-6-19(21)28/h1-14,29H,15H2,(H,25,27,30)/b14-11+. The van der Waals surface area contributed by atoms with Crippen molar-refractivity contribution in [3.63, 3.8) is 0 Å². The monoisotopic (exact) mass is 458 g/mol. The quantitative estimate of drug-likeness (QED) is 0.374. The van der Waals surface area contributed by atoms with Gasteiger partial charge in [-0.25, -0.2) is 0 Å². The van der Waals surface area contributed by atoms with Gasteiger partial charge < -0.3 is 10.0 Å². The molecule has 2 heterocycles. The Balaban J connectivity index is 1.31. The molecule has 0 saturated heterocycles. The Bertz CT molecular complexity index is 1260. The highest BCUT2D eigenvalue weighted by Gasteiger charge is 2.24. The highest BCUT2D eigenvalue weighted by molar-refractivity contribution is 7.99. The summed E-state index contributed by atoms with van der Waals surface area (Å²) in [4.78, 5) is 16.9. The number of hydrogen-bond donors (Lipinski definition) is 2. The van der Waals surface area contributed by atoms with Crippen LogP contribution >= 0.6 is 23.1 Å². The molecule has 1 aromatic heterocycles. The Morgan fingerprint density at radius 3 is 2.28 bits per heavy atom. The number of carbonyl (C=O) groups excluding carboxylic acids is 1. The van der Waals surface area contributed by atoms with Crippen LogP contribution in [0.2, 0.25) is 0 Å². The van der Waals surface area contributed by atoms with E-state index in [-0.39, 0.29) is 11.7 Å². The first-order valence-electron chi connectivity index (χ1n) is 9.90. The lowest BCUT2D eigenvalue weighted by Gasteiger charge is -2.31. The molecule has 0 radical (unpaired) electrons. The van der Waals surface area contributed by atoms with Gasteiger partial charge in [0.05, 0.1) is 17.9 Å². The topological polar surface area (TPSA) is 78.3 Å². The fourth-order valence-electron chi connectivity index (χ4n) is 3.36. The van der Waals surface area contributed by atoms with Gasteiger partial charge in [0, 0.05) is 15.9 Å². The first kappa shape index (κ1) is 20.3. The fourth-order valence-corrected chi connectivity index (χ4v) is 5.19. The van der Waals surface area contributed by atoms with Crippen molar-refractivity contribution in [2.24, 2.45) is 0 Å². The number of para-hydroxylation sites is 2. The zero-order valence-electron chi connectivity index (χ0n) is 16.8. The smallest absolute Gasteiger partial charge is 0.250 e. The van der Waals surface area contributed by atoms with Gasteiger partial charge in [0.25, 0.3) is 0 Å². The molecule has 0 spiro atoms. The van der Waals surface area contributed by atoms with Crippen molar-refractivity contribution in [3.8, 4) is 5.75 Å². The Labute approximate surface area is 193 Å². The van der Waals surface area contributed by atoms with Gasteiger partial charge in [0.1, 0.15) is 10.8 Å². The minimum atomic E-state index is -0.286. The molecule has 0 aliphatic carbocycles. The predicted molar refractivity (Wildman–Crippen MR) is 129 cm³/mol. The molecule has 0 bridgehead atoms. The number of anilines is 3. The second kappa shape index (κ2) is 8.86. The maximum Gasteiger partial charge on any atom is 0.250 e. The van der Waals surface area contributed by atoms with E-state index < -0.39 is 0 Å². The summed E-state index contributed by atoms with van der Waals surface area (Å²) in [7, 11) is 0. The Kier molecular flexibility index (Phi) is 5.62.